The monoisotopic (exact) mass is 479 g/mol. The second-order valence-corrected chi connectivity index (χ2v) is 9.48. The molecule has 2 aromatic heterocycles. The zero-order chi connectivity index (χ0) is 23.2. The molecule has 0 spiro atoms. The van der Waals surface area contributed by atoms with Crippen molar-refractivity contribution in [3.8, 4) is 11.4 Å². The highest BCUT2D eigenvalue weighted by Crippen LogP contribution is 2.28. The third-order valence-corrected chi connectivity index (χ3v) is 7.05. The van der Waals surface area contributed by atoms with Crippen molar-refractivity contribution >= 4 is 39.2 Å². The van der Waals surface area contributed by atoms with Crippen molar-refractivity contribution in [1.29, 1.82) is 0 Å². The van der Waals surface area contributed by atoms with E-state index in [0.29, 0.717) is 26.8 Å². The number of carbonyl (C=O) groups is 1. The lowest BCUT2D eigenvalue weighted by atomic mass is 10.1. The molecule has 1 N–H and O–H groups in total. The van der Waals surface area contributed by atoms with Gasteiger partial charge in [0.25, 0.3) is 5.56 Å². The first-order chi connectivity index (χ1) is 16.1. The Labute approximate surface area is 200 Å². The van der Waals surface area contributed by atoms with Gasteiger partial charge in [0.2, 0.25) is 5.91 Å². The van der Waals surface area contributed by atoms with Gasteiger partial charge in [-0.05, 0) is 48.9 Å². The van der Waals surface area contributed by atoms with Crippen molar-refractivity contribution in [2.24, 2.45) is 0 Å². The molecule has 0 aliphatic carbocycles. The molecule has 0 saturated heterocycles. The van der Waals surface area contributed by atoms with Crippen LogP contribution in [0.4, 0.5) is 0 Å². The van der Waals surface area contributed by atoms with E-state index in [9.17, 15) is 9.59 Å². The molecule has 4 aromatic rings. The summed E-state index contributed by atoms with van der Waals surface area (Å²) in [7, 11) is 1.57. The number of thiophene rings is 1. The average molecular weight is 480 g/mol. The number of methoxy groups -OCH3 is 1. The fourth-order valence-corrected chi connectivity index (χ4v) is 5.14. The number of benzene rings is 2. The molecule has 4 rings (SSSR count). The Morgan fingerprint density at radius 1 is 1.15 bits per heavy atom. The highest BCUT2D eigenvalue weighted by molar-refractivity contribution is 7.99. The van der Waals surface area contributed by atoms with Crippen LogP contribution in [0.3, 0.4) is 0 Å². The summed E-state index contributed by atoms with van der Waals surface area (Å²) in [6.07, 6.45) is 1.75. The van der Waals surface area contributed by atoms with Gasteiger partial charge in [0.05, 0.1) is 24.1 Å². The highest BCUT2D eigenvalue weighted by Gasteiger charge is 2.18. The number of para-hydroxylation sites is 2. The van der Waals surface area contributed by atoms with Gasteiger partial charge in [-0.15, -0.1) is 11.3 Å². The van der Waals surface area contributed by atoms with E-state index < -0.39 is 0 Å². The van der Waals surface area contributed by atoms with Gasteiger partial charge in [-0.2, -0.15) is 0 Å². The minimum absolute atomic E-state index is 0.0435. The van der Waals surface area contributed by atoms with E-state index in [1.54, 1.807) is 13.2 Å². The van der Waals surface area contributed by atoms with Crippen molar-refractivity contribution in [3.05, 3.63) is 82.0 Å². The van der Waals surface area contributed by atoms with Crippen LogP contribution in [-0.4, -0.2) is 34.4 Å². The van der Waals surface area contributed by atoms with E-state index >= 15 is 0 Å². The molecule has 0 aliphatic heterocycles. The summed E-state index contributed by atoms with van der Waals surface area (Å²) in [4.78, 5) is 30.6. The van der Waals surface area contributed by atoms with Crippen molar-refractivity contribution in [2.45, 2.75) is 31.0 Å². The fourth-order valence-electron chi connectivity index (χ4n) is 3.56. The lowest BCUT2D eigenvalue weighted by Crippen LogP contribution is -2.34. The number of hydrogen-bond donors (Lipinski definition) is 1. The van der Waals surface area contributed by atoms with E-state index in [4.69, 9.17) is 4.74 Å². The minimum atomic E-state index is -0.168. The third kappa shape index (κ3) is 5.46. The predicted molar refractivity (Wildman–Crippen MR) is 135 cm³/mol. The van der Waals surface area contributed by atoms with Gasteiger partial charge < -0.3 is 10.1 Å². The highest BCUT2D eigenvalue weighted by atomic mass is 32.2. The molecule has 170 valence electrons. The Bertz CT molecular complexity index is 1300. The summed E-state index contributed by atoms with van der Waals surface area (Å²) in [6.45, 7) is 2.01. The second-order valence-electron chi connectivity index (χ2n) is 7.62. The molecule has 0 aliphatic rings. The number of ether oxygens (including phenoxy) is 1. The lowest BCUT2D eigenvalue weighted by molar-refractivity contribution is -0.119. The summed E-state index contributed by atoms with van der Waals surface area (Å²) in [5.74, 6) is 0.636. The molecular weight excluding hydrogens is 454 g/mol. The topological polar surface area (TPSA) is 73.2 Å². The van der Waals surface area contributed by atoms with Gasteiger partial charge in [-0.25, -0.2) is 4.98 Å². The number of aryl methyl sites for hydroxylation is 1. The van der Waals surface area contributed by atoms with Crippen LogP contribution in [0.5, 0.6) is 5.75 Å². The molecule has 0 bridgehead atoms. The van der Waals surface area contributed by atoms with Crippen molar-refractivity contribution in [2.75, 3.05) is 12.9 Å². The van der Waals surface area contributed by atoms with Crippen LogP contribution in [0.1, 0.15) is 18.9 Å². The van der Waals surface area contributed by atoms with Gasteiger partial charge in [0.15, 0.2) is 5.16 Å². The van der Waals surface area contributed by atoms with Gasteiger partial charge in [0, 0.05) is 6.04 Å². The van der Waals surface area contributed by atoms with Gasteiger partial charge in [0.1, 0.15) is 10.4 Å². The van der Waals surface area contributed by atoms with Crippen LogP contribution in [0.15, 0.2) is 76.0 Å². The minimum Gasteiger partial charge on any atom is -0.495 e. The van der Waals surface area contributed by atoms with Crippen molar-refractivity contribution in [3.63, 3.8) is 0 Å². The quantitative estimate of drug-likeness (QED) is 0.279. The van der Waals surface area contributed by atoms with Gasteiger partial charge >= 0.3 is 0 Å². The third-order valence-electron chi connectivity index (χ3n) is 5.22. The lowest BCUT2D eigenvalue weighted by Gasteiger charge is -2.16. The number of nitrogens with one attached hydrogen (secondary N) is 1. The fraction of sp³-hybridized carbons (Fsp3) is 0.240. The molecule has 2 heterocycles. The number of thioether (sulfide) groups is 1. The second kappa shape index (κ2) is 10.7. The number of fused-ring (bicyclic) bond motifs is 1. The van der Waals surface area contributed by atoms with Gasteiger partial charge in [-0.1, -0.05) is 54.2 Å². The molecule has 0 saturated carbocycles. The smallest absolute Gasteiger partial charge is 0.276 e. The molecule has 0 radical (unpaired) electrons. The van der Waals surface area contributed by atoms with Crippen LogP contribution in [0, 0.1) is 0 Å². The van der Waals surface area contributed by atoms with Crippen molar-refractivity contribution in [1.82, 2.24) is 14.9 Å². The van der Waals surface area contributed by atoms with E-state index in [1.807, 2.05) is 54.8 Å². The maximum absolute atomic E-state index is 13.3. The SMILES string of the molecule is COc1ccccc1-n1c(SCC(=O)N[C@H](C)CCc2ccccc2)nc2ccsc2c1=O. The number of amides is 1. The first-order valence-corrected chi connectivity index (χ1v) is 12.5. The van der Waals surface area contributed by atoms with Crippen LogP contribution >= 0.6 is 23.1 Å². The average Bonchev–Trinajstić information content (AvgIpc) is 3.31. The Hall–Kier alpha value is -3.10. The predicted octanol–water partition coefficient (Wildman–Crippen LogP) is 4.69. The number of rotatable bonds is 9. The maximum Gasteiger partial charge on any atom is 0.276 e. The van der Waals surface area contributed by atoms with E-state index in [0.717, 1.165) is 12.8 Å². The number of aromatic nitrogens is 2. The molecule has 1 atom stereocenters. The first kappa shape index (κ1) is 23.1. The number of carbonyl (C=O) groups excluding carboxylic acids is 1. The zero-order valence-electron chi connectivity index (χ0n) is 18.5. The normalized spacial score (nSPS) is 11.9. The number of nitrogens with zero attached hydrogens (tertiary/aromatic N) is 2. The van der Waals surface area contributed by atoms with Crippen LogP contribution in [-0.2, 0) is 11.2 Å². The van der Waals surface area contributed by atoms with Crippen molar-refractivity contribution < 1.29 is 9.53 Å². The van der Waals surface area contributed by atoms with Crippen LogP contribution in [0.2, 0.25) is 0 Å². The summed E-state index contributed by atoms with van der Waals surface area (Å²) in [6, 6.07) is 19.4. The molecule has 8 heteroatoms. The first-order valence-electron chi connectivity index (χ1n) is 10.7. The summed E-state index contributed by atoms with van der Waals surface area (Å²) in [5.41, 5.74) is 2.32. The standard InChI is InChI=1S/C25H25N3O3S2/c1-17(12-13-18-8-4-3-5-9-18)26-22(29)16-33-25-27-19-14-15-32-23(19)24(30)28(25)20-10-6-7-11-21(20)31-2/h3-11,14-15,17H,12-13,16H2,1-2H3,(H,26,29)/t17-/m1/s1. The number of hydrogen-bond acceptors (Lipinski definition) is 6. The maximum atomic E-state index is 13.3. The summed E-state index contributed by atoms with van der Waals surface area (Å²) in [5, 5.41) is 5.36. The van der Waals surface area contributed by atoms with E-state index in [1.165, 1.54) is 33.2 Å². The molecule has 2 aromatic carbocycles. The molecule has 0 fully saturated rings. The largest absolute Gasteiger partial charge is 0.495 e. The molecular formula is C25H25N3O3S2. The molecule has 1 amide bonds. The Balaban J connectivity index is 1.50. The van der Waals surface area contributed by atoms with E-state index in [2.05, 4.69) is 22.4 Å². The molecule has 33 heavy (non-hydrogen) atoms. The Morgan fingerprint density at radius 3 is 2.70 bits per heavy atom. The van der Waals surface area contributed by atoms with Gasteiger partial charge in [-0.3, -0.25) is 14.2 Å². The molecule has 0 unspecified atom stereocenters. The van der Waals surface area contributed by atoms with Crippen LogP contribution < -0.4 is 15.6 Å². The Kier molecular flexibility index (Phi) is 7.47. The summed E-state index contributed by atoms with van der Waals surface area (Å²) < 4.78 is 7.58. The van der Waals surface area contributed by atoms with Crippen LogP contribution in [0.25, 0.3) is 15.9 Å². The summed E-state index contributed by atoms with van der Waals surface area (Å²) >= 11 is 2.60. The zero-order valence-corrected chi connectivity index (χ0v) is 20.1. The van der Waals surface area contributed by atoms with E-state index in [-0.39, 0.29) is 23.3 Å². The Morgan fingerprint density at radius 2 is 1.91 bits per heavy atom. The molecule has 6 nitrogen and oxygen atoms in total.